The van der Waals surface area contributed by atoms with Gasteiger partial charge in [-0.1, -0.05) is 11.6 Å². The van der Waals surface area contributed by atoms with Gasteiger partial charge in [-0.2, -0.15) is 5.26 Å². The maximum absolute atomic E-state index is 9.78. The first-order valence-electron chi connectivity index (χ1n) is 5.09. The molecule has 0 bridgehead atoms. The molecule has 15 heavy (non-hydrogen) atoms. The van der Waals surface area contributed by atoms with Gasteiger partial charge in [-0.25, -0.2) is 0 Å². The van der Waals surface area contributed by atoms with Crippen molar-refractivity contribution in [1.29, 1.82) is 5.26 Å². The highest BCUT2D eigenvalue weighted by molar-refractivity contribution is 6.33. The summed E-state index contributed by atoms with van der Waals surface area (Å²) in [6.45, 7) is 1.89. The minimum Gasteiger partial charge on any atom is -0.505 e. The standard InChI is InChI=1S/C12H12ClNO/c1-7-8-4-2-3-5-9(8)11(13)12(15)10(7)6-14/h15H,2-5H2,1H3. The van der Waals surface area contributed by atoms with E-state index in [1.807, 2.05) is 13.0 Å². The molecule has 2 rings (SSSR count). The zero-order chi connectivity index (χ0) is 11.0. The lowest BCUT2D eigenvalue weighted by Gasteiger charge is -2.21. The first-order chi connectivity index (χ1) is 7.16. The van der Waals surface area contributed by atoms with Crippen molar-refractivity contribution in [3.05, 3.63) is 27.3 Å². The minimum absolute atomic E-state index is 0.0442. The van der Waals surface area contributed by atoms with Gasteiger partial charge >= 0.3 is 0 Å². The van der Waals surface area contributed by atoms with Crippen molar-refractivity contribution >= 4 is 11.6 Å². The molecule has 1 aromatic carbocycles. The zero-order valence-corrected chi connectivity index (χ0v) is 9.36. The van der Waals surface area contributed by atoms with Crippen LogP contribution in [0.25, 0.3) is 0 Å². The molecule has 2 nitrogen and oxygen atoms in total. The molecular weight excluding hydrogens is 210 g/mol. The molecule has 3 heteroatoms. The fraction of sp³-hybridized carbons (Fsp3) is 0.417. The van der Waals surface area contributed by atoms with E-state index < -0.39 is 0 Å². The van der Waals surface area contributed by atoms with Crippen LogP contribution in [0.15, 0.2) is 0 Å². The van der Waals surface area contributed by atoms with Crippen molar-refractivity contribution in [2.45, 2.75) is 32.6 Å². The van der Waals surface area contributed by atoms with Crippen LogP contribution in [0.2, 0.25) is 5.02 Å². The average Bonchev–Trinajstić information content (AvgIpc) is 2.27. The number of fused-ring (bicyclic) bond motifs is 1. The molecule has 0 heterocycles. The molecule has 0 aromatic heterocycles. The number of halogens is 1. The summed E-state index contributed by atoms with van der Waals surface area (Å²) in [5.41, 5.74) is 3.44. The quantitative estimate of drug-likeness (QED) is 0.732. The van der Waals surface area contributed by atoms with Gasteiger partial charge in [-0.15, -0.1) is 0 Å². The van der Waals surface area contributed by atoms with E-state index in [9.17, 15) is 5.11 Å². The van der Waals surface area contributed by atoms with Crippen LogP contribution in [0.1, 0.15) is 35.1 Å². The Balaban J connectivity index is 2.76. The van der Waals surface area contributed by atoms with E-state index in [0.29, 0.717) is 10.6 Å². The van der Waals surface area contributed by atoms with Gasteiger partial charge in [-0.3, -0.25) is 0 Å². The predicted octanol–water partition coefficient (Wildman–Crippen LogP) is 3.10. The number of hydrogen-bond donors (Lipinski definition) is 1. The van der Waals surface area contributed by atoms with Gasteiger partial charge in [0.05, 0.1) is 10.6 Å². The summed E-state index contributed by atoms with van der Waals surface area (Å²) in [7, 11) is 0. The third-order valence-corrected chi connectivity index (χ3v) is 3.52. The smallest absolute Gasteiger partial charge is 0.152 e. The molecule has 0 saturated carbocycles. The van der Waals surface area contributed by atoms with Crippen LogP contribution in [-0.2, 0) is 12.8 Å². The maximum atomic E-state index is 9.78. The van der Waals surface area contributed by atoms with Gasteiger partial charge in [-0.05, 0) is 49.3 Å². The summed E-state index contributed by atoms with van der Waals surface area (Å²) in [4.78, 5) is 0. The molecule has 1 aliphatic carbocycles. The number of benzene rings is 1. The second-order valence-electron chi connectivity index (χ2n) is 3.94. The summed E-state index contributed by atoms with van der Waals surface area (Å²) < 4.78 is 0. The lowest BCUT2D eigenvalue weighted by Crippen LogP contribution is -2.07. The second kappa shape index (κ2) is 3.75. The van der Waals surface area contributed by atoms with E-state index in [1.54, 1.807) is 0 Å². The summed E-state index contributed by atoms with van der Waals surface area (Å²) in [5.74, 6) is -0.0442. The molecule has 0 saturated heterocycles. The number of hydrogen-bond acceptors (Lipinski definition) is 2. The molecule has 0 amide bonds. The van der Waals surface area contributed by atoms with Gasteiger partial charge in [0.15, 0.2) is 5.75 Å². The highest BCUT2D eigenvalue weighted by atomic mass is 35.5. The van der Waals surface area contributed by atoms with Crippen LogP contribution in [0.5, 0.6) is 5.75 Å². The molecule has 1 N–H and O–H groups in total. The van der Waals surface area contributed by atoms with Crippen molar-refractivity contribution in [1.82, 2.24) is 0 Å². The van der Waals surface area contributed by atoms with Crippen molar-refractivity contribution in [2.75, 3.05) is 0 Å². The Labute approximate surface area is 94.1 Å². The fourth-order valence-electron chi connectivity index (χ4n) is 2.28. The Hall–Kier alpha value is -1.20. The highest BCUT2D eigenvalue weighted by Gasteiger charge is 2.21. The lowest BCUT2D eigenvalue weighted by molar-refractivity contribution is 0.471. The lowest BCUT2D eigenvalue weighted by atomic mass is 9.86. The normalized spacial score (nSPS) is 14.5. The third kappa shape index (κ3) is 1.48. The third-order valence-electron chi connectivity index (χ3n) is 3.12. The van der Waals surface area contributed by atoms with E-state index in [-0.39, 0.29) is 5.75 Å². The van der Waals surface area contributed by atoms with Crippen molar-refractivity contribution in [3.8, 4) is 11.8 Å². The topological polar surface area (TPSA) is 44.0 Å². The summed E-state index contributed by atoms with van der Waals surface area (Å²) >= 11 is 6.07. The van der Waals surface area contributed by atoms with Crippen molar-refractivity contribution in [2.24, 2.45) is 0 Å². The summed E-state index contributed by atoms with van der Waals surface area (Å²) in [6.07, 6.45) is 4.13. The molecule has 0 spiro atoms. The monoisotopic (exact) mass is 221 g/mol. The summed E-state index contributed by atoms with van der Waals surface area (Å²) in [6, 6.07) is 2.02. The van der Waals surface area contributed by atoms with Crippen LogP contribution in [-0.4, -0.2) is 5.11 Å². The molecule has 0 atom stereocenters. The van der Waals surface area contributed by atoms with Gasteiger partial charge < -0.3 is 5.11 Å². The highest BCUT2D eigenvalue weighted by Crippen LogP contribution is 2.39. The number of phenols is 1. The van der Waals surface area contributed by atoms with Crippen LogP contribution in [0.4, 0.5) is 0 Å². The van der Waals surface area contributed by atoms with Crippen LogP contribution >= 0.6 is 11.6 Å². The van der Waals surface area contributed by atoms with E-state index in [0.717, 1.165) is 36.8 Å². The first kappa shape index (κ1) is 10.3. The molecule has 0 unspecified atom stereocenters. The summed E-state index contributed by atoms with van der Waals surface area (Å²) in [5, 5.41) is 19.1. The van der Waals surface area contributed by atoms with E-state index >= 15 is 0 Å². The number of nitrogens with zero attached hydrogens (tertiary/aromatic N) is 1. The fourth-order valence-corrected chi connectivity index (χ4v) is 2.58. The molecule has 1 aromatic rings. The Kier molecular flexibility index (Phi) is 2.58. The Morgan fingerprint density at radius 2 is 1.87 bits per heavy atom. The molecular formula is C12H12ClNO. The Morgan fingerprint density at radius 3 is 2.47 bits per heavy atom. The van der Waals surface area contributed by atoms with E-state index in [2.05, 4.69) is 0 Å². The zero-order valence-electron chi connectivity index (χ0n) is 8.60. The van der Waals surface area contributed by atoms with Gasteiger partial charge in [0.1, 0.15) is 6.07 Å². The number of nitriles is 1. The first-order valence-corrected chi connectivity index (χ1v) is 5.47. The average molecular weight is 222 g/mol. The Morgan fingerprint density at radius 1 is 1.27 bits per heavy atom. The predicted molar refractivity (Wildman–Crippen MR) is 59.2 cm³/mol. The number of phenolic OH excluding ortho intramolecular Hbond substituents is 1. The SMILES string of the molecule is Cc1c(C#N)c(O)c(Cl)c2c1CCCC2. The molecule has 0 aliphatic heterocycles. The Bertz CT molecular complexity index is 456. The van der Waals surface area contributed by atoms with Crippen molar-refractivity contribution < 1.29 is 5.11 Å². The second-order valence-corrected chi connectivity index (χ2v) is 4.32. The molecule has 0 fully saturated rings. The van der Waals surface area contributed by atoms with Crippen LogP contribution in [0, 0.1) is 18.3 Å². The van der Waals surface area contributed by atoms with Gasteiger partial charge in [0.25, 0.3) is 0 Å². The van der Waals surface area contributed by atoms with E-state index in [1.165, 1.54) is 5.56 Å². The van der Waals surface area contributed by atoms with Gasteiger partial charge in [0, 0.05) is 0 Å². The van der Waals surface area contributed by atoms with E-state index in [4.69, 9.17) is 16.9 Å². The molecule has 1 aliphatic rings. The number of rotatable bonds is 0. The molecule has 0 radical (unpaired) electrons. The van der Waals surface area contributed by atoms with Crippen LogP contribution in [0.3, 0.4) is 0 Å². The maximum Gasteiger partial charge on any atom is 0.152 e. The molecule has 78 valence electrons. The largest absolute Gasteiger partial charge is 0.505 e. The van der Waals surface area contributed by atoms with Gasteiger partial charge in [0.2, 0.25) is 0 Å². The minimum atomic E-state index is -0.0442. The number of aromatic hydroxyl groups is 1. The van der Waals surface area contributed by atoms with Crippen LogP contribution < -0.4 is 0 Å². The van der Waals surface area contributed by atoms with Crippen molar-refractivity contribution in [3.63, 3.8) is 0 Å².